The highest BCUT2D eigenvalue weighted by Crippen LogP contribution is 2.37. The van der Waals surface area contributed by atoms with Crippen LogP contribution < -0.4 is 11.1 Å². The lowest BCUT2D eigenvalue weighted by Crippen LogP contribution is -2.35. The third-order valence-corrected chi connectivity index (χ3v) is 3.54. The van der Waals surface area contributed by atoms with Crippen molar-refractivity contribution in [3.8, 4) is 0 Å². The van der Waals surface area contributed by atoms with Crippen LogP contribution in [0.4, 0.5) is 14.6 Å². The molecule has 1 aromatic rings. The molecule has 94 valence electrons. The van der Waals surface area contributed by atoms with Gasteiger partial charge in [0.05, 0.1) is 6.20 Å². The normalized spacial score (nSPS) is 18.3. The first-order valence-corrected chi connectivity index (χ1v) is 5.90. The van der Waals surface area contributed by atoms with E-state index in [9.17, 15) is 8.78 Å². The van der Waals surface area contributed by atoms with Gasteiger partial charge in [-0.15, -0.1) is 0 Å². The molecule has 0 bridgehead atoms. The van der Waals surface area contributed by atoms with Crippen molar-refractivity contribution in [3.63, 3.8) is 0 Å². The summed E-state index contributed by atoms with van der Waals surface area (Å²) in [5.74, 6) is -1.22. The Labute approximate surface area is 99.4 Å². The van der Waals surface area contributed by atoms with E-state index in [4.69, 9.17) is 5.73 Å². The number of nitrogens with one attached hydrogen (secondary N) is 1. The quantitative estimate of drug-likeness (QED) is 0.850. The van der Waals surface area contributed by atoms with Gasteiger partial charge in [-0.05, 0) is 24.8 Å². The molecule has 17 heavy (non-hydrogen) atoms. The molecule has 1 aliphatic carbocycles. The Morgan fingerprint density at radius 1 is 1.35 bits per heavy atom. The van der Waals surface area contributed by atoms with Gasteiger partial charge in [-0.3, -0.25) is 0 Å². The van der Waals surface area contributed by atoms with Crippen LogP contribution in [0.2, 0.25) is 0 Å². The van der Waals surface area contributed by atoms with E-state index in [1.807, 2.05) is 0 Å². The van der Waals surface area contributed by atoms with Crippen molar-refractivity contribution in [3.05, 3.63) is 23.9 Å². The van der Waals surface area contributed by atoms with Crippen LogP contribution in [-0.4, -0.2) is 18.1 Å². The first kappa shape index (κ1) is 12.2. The van der Waals surface area contributed by atoms with Crippen LogP contribution >= 0.6 is 0 Å². The number of nitrogens with two attached hydrogens (primary N) is 1. The van der Waals surface area contributed by atoms with E-state index < -0.39 is 11.6 Å². The predicted molar refractivity (Wildman–Crippen MR) is 62.6 cm³/mol. The van der Waals surface area contributed by atoms with Crippen molar-refractivity contribution in [2.24, 2.45) is 11.1 Å². The Bertz CT molecular complexity index is 389. The van der Waals surface area contributed by atoms with Crippen molar-refractivity contribution in [2.75, 3.05) is 18.4 Å². The minimum absolute atomic E-state index is 0.0442. The first-order valence-electron chi connectivity index (χ1n) is 5.90. The molecule has 5 heteroatoms. The van der Waals surface area contributed by atoms with Gasteiger partial charge in [0.15, 0.2) is 11.6 Å². The van der Waals surface area contributed by atoms with Crippen LogP contribution in [-0.2, 0) is 0 Å². The Balaban J connectivity index is 2.01. The Hall–Kier alpha value is -1.23. The van der Waals surface area contributed by atoms with E-state index in [2.05, 4.69) is 10.3 Å². The Morgan fingerprint density at radius 2 is 2.06 bits per heavy atom. The standard InChI is InChI=1S/C12H17F2N3/c13-9-5-10(14)11(16-6-9)17-8-12(7-15)3-1-2-4-12/h5-6H,1-4,7-8,15H2,(H,16,17). The van der Waals surface area contributed by atoms with Crippen LogP contribution in [0.1, 0.15) is 25.7 Å². The summed E-state index contributed by atoms with van der Waals surface area (Å²) in [6, 6.07) is 0.832. The van der Waals surface area contributed by atoms with E-state index in [0.29, 0.717) is 13.1 Å². The van der Waals surface area contributed by atoms with Crippen molar-refractivity contribution >= 4 is 5.82 Å². The third kappa shape index (κ3) is 2.72. The van der Waals surface area contributed by atoms with Gasteiger partial charge in [0.1, 0.15) is 5.82 Å². The maximum Gasteiger partial charge on any atom is 0.168 e. The molecule has 0 radical (unpaired) electrons. The number of pyridine rings is 1. The molecule has 1 fully saturated rings. The predicted octanol–water partition coefficient (Wildman–Crippen LogP) is 2.29. The highest BCUT2D eigenvalue weighted by atomic mass is 19.1. The van der Waals surface area contributed by atoms with Crippen molar-refractivity contribution in [1.29, 1.82) is 0 Å². The fraction of sp³-hybridized carbons (Fsp3) is 0.583. The van der Waals surface area contributed by atoms with Crippen LogP contribution in [0.15, 0.2) is 12.3 Å². The minimum atomic E-state index is -0.664. The maximum absolute atomic E-state index is 13.4. The second kappa shape index (κ2) is 4.96. The highest BCUT2D eigenvalue weighted by molar-refractivity contribution is 5.36. The number of anilines is 1. The van der Waals surface area contributed by atoms with Crippen molar-refractivity contribution in [1.82, 2.24) is 4.98 Å². The molecule has 0 amide bonds. The summed E-state index contributed by atoms with van der Waals surface area (Å²) < 4.78 is 26.0. The Morgan fingerprint density at radius 3 is 2.65 bits per heavy atom. The number of hydrogen-bond acceptors (Lipinski definition) is 3. The molecule has 0 aliphatic heterocycles. The largest absolute Gasteiger partial charge is 0.367 e. The molecule has 0 spiro atoms. The zero-order valence-corrected chi connectivity index (χ0v) is 9.68. The van der Waals surface area contributed by atoms with Crippen LogP contribution in [0.3, 0.4) is 0 Å². The lowest BCUT2D eigenvalue weighted by molar-refractivity contribution is 0.331. The van der Waals surface area contributed by atoms with Crippen LogP contribution in [0.5, 0.6) is 0 Å². The van der Waals surface area contributed by atoms with Gasteiger partial charge in [-0.1, -0.05) is 12.8 Å². The molecule has 1 aliphatic rings. The number of hydrogen-bond donors (Lipinski definition) is 2. The number of rotatable bonds is 4. The summed E-state index contributed by atoms with van der Waals surface area (Å²) in [4.78, 5) is 3.70. The van der Waals surface area contributed by atoms with E-state index in [-0.39, 0.29) is 11.2 Å². The van der Waals surface area contributed by atoms with Gasteiger partial charge in [-0.25, -0.2) is 13.8 Å². The zero-order chi connectivity index (χ0) is 12.3. The third-order valence-electron chi connectivity index (χ3n) is 3.54. The number of nitrogens with zero attached hydrogens (tertiary/aromatic N) is 1. The van der Waals surface area contributed by atoms with Gasteiger partial charge in [-0.2, -0.15) is 0 Å². The second-order valence-electron chi connectivity index (χ2n) is 4.75. The van der Waals surface area contributed by atoms with E-state index in [0.717, 1.165) is 37.9 Å². The molecule has 3 nitrogen and oxygen atoms in total. The van der Waals surface area contributed by atoms with Gasteiger partial charge in [0, 0.05) is 12.6 Å². The molecule has 3 N–H and O–H groups in total. The summed E-state index contributed by atoms with van der Waals surface area (Å²) in [5.41, 5.74) is 5.83. The molecular formula is C12H17F2N3. The van der Waals surface area contributed by atoms with Gasteiger partial charge in [0.2, 0.25) is 0 Å². The average Bonchev–Trinajstić information content (AvgIpc) is 2.77. The smallest absolute Gasteiger partial charge is 0.168 e. The summed E-state index contributed by atoms with van der Waals surface area (Å²) in [6.45, 7) is 1.18. The molecule has 0 atom stereocenters. The molecule has 1 heterocycles. The monoisotopic (exact) mass is 241 g/mol. The Kier molecular flexibility index (Phi) is 3.57. The molecule has 0 unspecified atom stereocenters. The van der Waals surface area contributed by atoms with E-state index >= 15 is 0 Å². The molecule has 1 saturated carbocycles. The average molecular weight is 241 g/mol. The van der Waals surface area contributed by atoms with Crippen molar-refractivity contribution < 1.29 is 8.78 Å². The summed E-state index contributed by atoms with van der Waals surface area (Å²) in [7, 11) is 0. The first-order chi connectivity index (χ1) is 8.15. The maximum atomic E-state index is 13.4. The summed E-state index contributed by atoms with van der Waals surface area (Å²) in [6.07, 6.45) is 5.45. The fourth-order valence-electron chi connectivity index (χ4n) is 2.39. The van der Waals surface area contributed by atoms with Gasteiger partial charge in [0.25, 0.3) is 0 Å². The zero-order valence-electron chi connectivity index (χ0n) is 9.68. The fourth-order valence-corrected chi connectivity index (χ4v) is 2.39. The molecule has 0 saturated heterocycles. The van der Waals surface area contributed by atoms with Crippen LogP contribution in [0, 0.1) is 17.0 Å². The van der Waals surface area contributed by atoms with Gasteiger partial charge >= 0.3 is 0 Å². The SMILES string of the molecule is NCC1(CNc2ncc(F)cc2F)CCCC1. The number of halogens is 2. The summed E-state index contributed by atoms with van der Waals surface area (Å²) >= 11 is 0. The molecule has 2 rings (SSSR count). The van der Waals surface area contributed by atoms with Crippen molar-refractivity contribution in [2.45, 2.75) is 25.7 Å². The number of aromatic nitrogens is 1. The second-order valence-corrected chi connectivity index (χ2v) is 4.75. The molecule has 1 aromatic heterocycles. The van der Waals surface area contributed by atoms with Gasteiger partial charge < -0.3 is 11.1 Å². The topological polar surface area (TPSA) is 50.9 Å². The molecule has 0 aromatic carbocycles. The molecular weight excluding hydrogens is 224 g/mol. The lowest BCUT2D eigenvalue weighted by atomic mass is 9.86. The lowest BCUT2D eigenvalue weighted by Gasteiger charge is -2.27. The van der Waals surface area contributed by atoms with E-state index in [1.54, 1.807) is 0 Å². The summed E-state index contributed by atoms with van der Waals surface area (Å²) in [5, 5.41) is 2.94. The van der Waals surface area contributed by atoms with Crippen LogP contribution in [0.25, 0.3) is 0 Å². The minimum Gasteiger partial charge on any atom is -0.367 e. The van der Waals surface area contributed by atoms with E-state index in [1.165, 1.54) is 0 Å². The highest BCUT2D eigenvalue weighted by Gasteiger charge is 2.32.